The summed E-state index contributed by atoms with van der Waals surface area (Å²) >= 11 is 7.68. The molecule has 0 aliphatic heterocycles. The predicted molar refractivity (Wildman–Crippen MR) is 114 cm³/mol. The van der Waals surface area contributed by atoms with Crippen LogP contribution in [-0.2, 0) is 6.54 Å². The number of halogens is 1. The van der Waals surface area contributed by atoms with Crippen molar-refractivity contribution in [2.24, 2.45) is 0 Å². The standard InChI is InChI=1S/C20H15ClN4O3S/c1-11-23-16-8-13(6-7-17(16)29-11)24-18(26)14-9-22-20(28)25(19(14)27)10-12-4-2-3-5-15(12)21/h2-9H,10H2,1H3,(H,22,28)(H,24,26). The summed E-state index contributed by atoms with van der Waals surface area (Å²) in [6.45, 7) is 1.86. The minimum Gasteiger partial charge on any atom is -0.322 e. The fraction of sp³-hybridized carbons (Fsp3) is 0.100. The fourth-order valence-electron chi connectivity index (χ4n) is 2.93. The number of anilines is 1. The van der Waals surface area contributed by atoms with Gasteiger partial charge in [-0.05, 0) is 36.8 Å². The molecular weight excluding hydrogens is 412 g/mol. The van der Waals surface area contributed by atoms with Gasteiger partial charge in [-0.3, -0.25) is 14.2 Å². The summed E-state index contributed by atoms with van der Waals surface area (Å²) in [6.07, 6.45) is 1.12. The number of thiazole rings is 1. The number of carbonyl (C=O) groups is 1. The Hall–Kier alpha value is -3.23. The lowest BCUT2D eigenvalue weighted by atomic mass is 10.2. The van der Waals surface area contributed by atoms with Crippen molar-refractivity contribution < 1.29 is 4.79 Å². The van der Waals surface area contributed by atoms with E-state index in [1.54, 1.807) is 47.7 Å². The molecule has 2 aromatic carbocycles. The van der Waals surface area contributed by atoms with Gasteiger partial charge in [0, 0.05) is 16.9 Å². The maximum atomic E-state index is 12.8. The van der Waals surface area contributed by atoms with E-state index in [0.29, 0.717) is 16.3 Å². The van der Waals surface area contributed by atoms with E-state index >= 15 is 0 Å². The number of aryl methyl sites for hydroxylation is 1. The highest BCUT2D eigenvalue weighted by Crippen LogP contribution is 2.24. The van der Waals surface area contributed by atoms with E-state index in [1.165, 1.54) is 0 Å². The summed E-state index contributed by atoms with van der Waals surface area (Å²) in [5.74, 6) is -0.620. The molecule has 0 aliphatic carbocycles. The van der Waals surface area contributed by atoms with Gasteiger partial charge in [0.1, 0.15) is 5.56 Å². The van der Waals surface area contributed by atoms with E-state index in [0.717, 1.165) is 26.0 Å². The number of nitrogens with zero attached hydrogens (tertiary/aromatic N) is 2. The van der Waals surface area contributed by atoms with Gasteiger partial charge in [0.25, 0.3) is 11.5 Å². The Balaban J connectivity index is 1.65. The molecule has 9 heteroatoms. The van der Waals surface area contributed by atoms with Crippen molar-refractivity contribution in [3.8, 4) is 0 Å². The molecule has 4 rings (SSSR count). The maximum Gasteiger partial charge on any atom is 0.328 e. The van der Waals surface area contributed by atoms with Crippen molar-refractivity contribution >= 4 is 44.7 Å². The first kappa shape index (κ1) is 19.1. The van der Waals surface area contributed by atoms with Crippen molar-refractivity contribution in [3.63, 3.8) is 0 Å². The smallest absolute Gasteiger partial charge is 0.322 e. The molecule has 0 unspecified atom stereocenters. The molecule has 0 radical (unpaired) electrons. The zero-order valence-electron chi connectivity index (χ0n) is 15.2. The molecule has 0 spiro atoms. The number of amides is 1. The Labute approximate surface area is 173 Å². The molecule has 4 aromatic rings. The number of nitrogens with one attached hydrogen (secondary N) is 2. The van der Waals surface area contributed by atoms with Crippen LogP contribution in [0.2, 0.25) is 5.02 Å². The lowest BCUT2D eigenvalue weighted by Gasteiger charge is -2.09. The Morgan fingerprint density at radius 1 is 1.24 bits per heavy atom. The van der Waals surface area contributed by atoms with Gasteiger partial charge in [0.15, 0.2) is 0 Å². The summed E-state index contributed by atoms with van der Waals surface area (Å²) in [4.78, 5) is 44.4. The Kier molecular flexibility index (Phi) is 5.04. The molecule has 2 aromatic heterocycles. The van der Waals surface area contributed by atoms with E-state index in [2.05, 4.69) is 15.3 Å². The van der Waals surface area contributed by atoms with E-state index in [9.17, 15) is 14.4 Å². The molecule has 0 saturated heterocycles. The molecule has 7 nitrogen and oxygen atoms in total. The number of aromatic nitrogens is 3. The van der Waals surface area contributed by atoms with E-state index in [-0.39, 0.29) is 12.1 Å². The monoisotopic (exact) mass is 426 g/mol. The first-order valence-electron chi connectivity index (χ1n) is 8.67. The van der Waals surface area contributed by atoms with Crippen LogP contribution in [0.3, 0.4) is 0 Å². The van der Waals surface area contributed by atoms with Gasteiger partial charge in [-0.15, -0.1) is 11.3 Å². The Morgan fingerprint density at radius 2 is 2.03 bits per heavy atom. The summed E-state index contributed by atoms with van der Waals surface area (Å²) < 4.78 is 1.95. The molecule has 0 fully saturated rings. The van der Waals surface area contributed by atoms with Crippen LogP contribution in [0.5, 0.6) is 0 Å². The van der Waals surface area contributed by atoms with Crippen molar-refractivity contribution in [2.45, 2.75) is 13.5 Å². The predicted octanol–water partition coefficient (Wildman–Crippen LogP) is 3.41. The van der Waals surface area contributed by atoms with Gasteiger partial charge in [0.2, 0.25) is 0 Å². The highest BCUT2D eigenvalue weighted by atomic mass is 35.5. The number of benzene rings is 2. The van der Waals surface area contributed by atoms with Crippen LogP contribution in [0.15, 0.2) is 58.3 Å². The third-order valence-corrected chi connectivity index (χ3v) is 5.66. The highest BCUT2D eigenvalue weighted by molar-refractivity contribution is 7.18. The second-order valence-corrected chi connectivity index (χ2v) is 8.00. The van der Waals surface area contributed by atoms with Crippen LogP contribution in [0.1, 0.15) is 20.9 Å². The van der Waals surface area contributed by atoms with Crippen molar-refractivity contribution in [2.75, 3.05) is 5.32 Å². The Bertz CT molecular complexity index is 1360. The minimum atomic E-state index is -0.697. The van der Waals surface area contributed by atoms with Crippen LogP contribution in [0.4, 0.5) is 5.69 Å². The normalized spacial score (nSPS) is 11.0. The van der Waals surface area contributed by atoms with E-state index in [1.807, 2.05) is 13.0 Å². The number of carbonyl (C=O) groups excluding carboxylic acids is 1. The number of fused-ring (bicyclic) bond motifs is 1. The molecule has 2 N–H and O–H groups in total. The quantitative estimate of drug-likeness (QED) is 0.522. The molecule has 0 atom stereocenters. The summed E-state index contributed by atoms with van der Waals surface area (Å²) in [7, 11) is 0. The molecule has 0 aliphatic rings. The topological polar surface area (TPSA) is 96.8 Å². The van der Waals surface area contributed by atoms with Crippen LogP contribution in [0.25, 0.3) is 10.2 Å². The molecule has 0 saturated carbocycles. The third kappa shape index (κ3) is 3.85. The van der Waals surface area contributed by atoms with E-state index in [4.69, 9.17) is 11.6 Å². The highest BCUT2D eigenvalue weighted by Gasteiger charge is 2.16. The largest absolute Gasteiger partial charge is 0.328 e. The van der Waals surface area contributed by atoms with E-state index < -0.39 is 17.2 Å². The molecular formula is C20H15ClN4O3S. The van der Waals surface area contributed by atoms with Crippen LogP contribution in [0, 0.1) is 6.92 Å². The number of hydrogen-bond donors (Lipinski definition) is 2. The third-order valence-electron chi connectivity index (χ3n) is 4.34. The second-order valence-electron chi connectivity index (χ2n) is 6.36. The summed E-state index contributed by atoms with van der Waals surface area (Å²) in [6, 6.07) is 12.2. The van der Waals surface area contributed by atoms with Crippen LogP contribution < -0.4 is 16.6 Å². The average molecular weight is 427 g/mol. The van der Waals surface area contributed by atoms with Crippen molar-refractivity contribution in [3.05, 3.63) is 90.7 Å². The summed E-state index contributed by atoms with van der Waals surface area (Å²) in [5.41, 5.74) is 0.386. The minimum absolute atomic E-state index is 0.0426. The first-order valence-corrected chi connectivity index (χ1v) is 9.86. The maximum absolute atomic E-state index is 12.8. The van der Waals surface area contributed by atoms with Gasteiger partial charge in [-0.1, -0.05) is 29.8 Å². The summed E-state index contributed by atoms with van der Waals surface area (Å²) in [5, 5.41) is 4.04. The molecule has 1 amide bonds. The molecule has 29 heavy (non-hydrogen) atoms. The lowest BCUT2D eigenvalue weighted by Crippen LogP contribution is -2.39. The van der Waals surface area contributed by atoms with Crippen molar-refractivity contribution in [1.29, 1.82) is 0 Å². The number of H-pyrrole nitrogens is 1. The number of rotatable bonds is 4. The van der Waals surface area contributed by atoms with Gasteiger partial charge >= 0.3 is 5.69 Å². The fourth-order valence-corrected chi connectivity index (χ4v) is 3.94. The Morgan fingerprint density at radius 3 is 2.83 bits per heavy atom. The SMILES string of the molecule is Cc1nc2cc(NC(=O)c3c[nH]c(=O)n(Cc4ccccc4Cl)c3=O)ccc2s1. The van der Waals surface area contributed by atoms with Crippen LogP contribution in [-0.4, -0.2) is 20.4 Å². The average Bonchev–Trinajstić information content (AvgIpc) is 3.05. The zero-order valence-corrected chi connectivity index (χ0v) is 16.8. The van der Waals surface area contributed by atoms with Crippen molar-refractivity contribution in [1.82, 2.24) is 14.5 Å². The molecule has 146 valence electrons. The van der Waals surface area contributed by atoms with Gasteiger partial charge in [-0.2, -0.15) is 0 Å². The van der Waals surface area contributed by atoms with Gasteiger partial charge in [-0.25, -0.2) is 9.78 Å². The first-order chi connectivity index (χ1) is 13.9. The molecule has 2 heterocycles. The van der Waals surface area contributed by atoms with Gasteiger partial charge in [0.05, 0.1) is 21.8 Å². The lowest BCUT2D eigenvalue weighted by molar-refractivity contribution is 0.102. The molecule has 0 bridgehead atoms. The number of hydrogen-bond acceptors (Lipinski definition) is 5. The zero-order chi connectivity index (χ0) is 20.5. The van der Waals surface area contributed by atoms with Gasteiger partial charge < -0.3 is 10.3 Å². The second kappa shape index (κ2) is 7.65. The van der Waals surface area contributed by atoms with Crippen LogP contribution >= 0.6 is 22.9 Å². The number of aromatic amines is 1.